The number of benzene rings is 1. The van der Waals surface area contributed by atoms with Crippen molar-refractivity contribution in [2.75, 3.05) is 0 Å². The van der Waals surface area contributed by atoms with E-state index in [1.165, 1.54) is 28.3 Å². The molecule has 0 atom stereocenters. The smallest absolute Gasteiger partial charge is 0.335 e. The van der Waals surface area contributed by atoms with E-state index in [4.69, 9.17) is 5.11 Å². The molecule has 1 aromatic heterocycles. The Hall–Kier alpha value is -2.21. The first-order chi connectivity index (χ1) is 10.6. The third-order valence-corrected chi connectivity index (χ3v) is 5.21. The Kier molecular flexibility index (Phi) is 4.56. The molecule has 0 radical (unpaired) electrons. The predicted molar refractivity (Wildman–Crippen MR) is 90.0 cm³/mol. The molecule has 0 aliphatic heterocycles. The van der Waals surface area contributed by atoms with E-state index in [0.717, 1.165) is 5.69 Å². The Bertz CT molecular complexity index is 838. The molecule has 0 saturated carbocycles. The molecular formula is C17H20N2O3S. The minimum Gasteiger partial charge on any atom is -0.478 e. The van der Waals surface area contributed by atoms with Gasteiger partial charge >= 0.3 is 5.97 Å². The molecule has 6 heteroatoms. The summed E-state index contributed by atoms with van der Waals surface area (Å²) in [5, 5.41) is 9.01. The van der Waals surface area contributed by atoms with Crippen LogP contribution in [0.5, 0.6) is 0 Å². The van der Waals surface area contributed by atoms with E-state index in [1.54, 1.807) is 12.1 Å². The van der Waals surface area contributed by atoms with Gasteiger partial charge in [0.1, 0.15) is 0 Å². The summed E-state index contributed by atoms with van der Waals surface area (Å²) < 4.78 is 1.89. The molecule has 122 valence electrons. The Balaban J connectivity index is 2.49. The van der Waals surface area contributed by atoms with Crippen LogP contribution in [0, 0.1) is 6.92 Å². The van der Waals surface area contributed by atoms with E-state index < -0.39 is 11.9 Å². The molecule has 0 unspecified atom stereocenters. The molecule has 23 heavy (non-hydrogen) atoms. The second kappa shape index (κ2) is 6.12. The summed E-state index contributed by atoms with van der Waals surface area (Å²) in [4.78, 5) is 29.3. The van der Waals surface area contributed by atoms with Crippen LogP contribution in [-0.2, 0) is 12.5 Å². The SMILES string of the molecule is Cc1c(C(C)(C)C)sc(=NC(=O)c2cccc(C(=O)O)c2)n1C. The van der Waals surface area contributed by atoms with Crippen LogP contribution < -0.4 is 4.80 Å². The van der Waals surface area contributed by atoms with Crippen LogP contribution in [0.1, 0.15) is 52.1 Å². The topological polar surface area (TPSA) is 71.7 Å². The quantitative estimate of drug-likeness (QED) is 0.918. The van der Waals surface area contributed by atoms with Crippen molar-refractivity contribution in [2.45, 2.75) is 33.1 Å². The van der Waals surface area contributed by atoms with Crippen LogP contribution in [0.3, 0.4) is 0 Å². The lowest BCUT2D eigenvalue weighted by Crippen LogP contribution is -2.15. The Morgan fingerprint density at radius 2 is 1.83 bits per heavy atom. The van der Waals surface area contributed by atoms with Gasteiger partial charge in [0.05, 0.1) is 5.56 Å². The zero-order chi connectivity index (χ0) is 17.4. The summed E-state index contributed by atoms with van der Waals surface area (Å²) in [5.74, 6) is -1.50. The molecule has 1 amide bonds. The molecule has 1 heterocycles. The molecule has 1 aromatic carbocycles. The van der Waals surface area contributed by atoms with Crippen LogP contribution >= 0.6 is 11.3 Å². The summed E-state index contributed by atoms with van der Waals surface area (Å²) >= 11 is 1.49. The van der Waals surface area contributed by atoms with Crippen molar-refractivity contribution in [3.05, 3.63) is 50.8 Å². The van der Waals surface area contributed by atoms with E-state index in [-0.39, 0.29) is 16.5 Å². The van der Waals surface area contributed by atoms with E-state index in [2.05, 4.69) is 25.8 Å². The van der Waals surface area contributed by atoms with Crippen molar-refractivity contribution in [1.29, 1.82) is 0 Å². The van der Waals surface area contributed by atoms with Crippen molar-refractivity contribution in [1.82, 2.24) is 4.57 Å². The average molecular weight is 332 g/mol. The number of hydrogen-bond donors (Lipinski definition) is 1. The number of thiazole rings is 1. The highest BCUT2D eigenvalue weighted by atomic mass is 32.1. The molecule has 0 fully saturated rings. The van der Waals surface area contributed by atoms with Crippen LogP contribution in [0.4, 0.5) is 0 Å². The summed E-state index contributed by atoms with van der Waals surface area (Å²) in [7, 11) is 1.88. The van der Waals surface area contributed by atoms with Gasteiger partial charge < -0.3 is 9.67 Å². The number of carbonyl (C=O) groups is 2. The highest BCUT2D eigenvalue weighted by Crippen LogP contribution is 2.27. The van der Waals surface area contributed by atoms with E-state index in [9.17, 15) is 9.59 Å². The normalized spacial score (nSPS) is 12.5. The summed E-state index contributed by atoms with van der Waals surface area (Å²) in [6.07, 6.45) is 0. The van der Waals surface area contributed by atoms with Crippen LogP contribution in [0.25, 0.3) is 0 Å². The van der Waals surface area contributed by atoms with Gasteiger partial charge in [-0.2, -0.15) is 4.99 Å². The summed E-state index contributed by atoms with van der Waals surface area (Å²) in [6.45, 7) is 8.36. The van der Waals surface area contributed by atoms with Crippen molar-refractivity contribution < 1.29 is 14.7 Å². The fourth-order valence-electron chi connectivity index (χ4n) is 2.26. The molecule has 2 rings (SSSR count). The maximum Gasteiger partial charge on any atom is 0.335 e. The summed E-state index contributed by atoms with van der Waals surface area (Å²) in [5.41, 5.74) is 1.40. The maximum absolute atomic E-state index is 12.3. The summed E-state index contributed by atoms with van der Waals surface area (Å²) in [6, 6.07) is 5.92. The Labute approximate surface area is 138 Å². The third kappa shape index (κ3) is 3.59. The van der Waals surface area contributed by atoms with E-state index in [1.807, 2.05) is 18.5 Å². The van der Waals surface area contributed by atoms with Gasteiger partial charge in [0.2, 0.25) is 0 Å². The minimum absolute atomic E-state index is 0.0213. The standard InChI is InChI=1S/C17H20N2O3S/c1-10-13(17(2,3)4)23-16(19(10)5)18-14(20)11-7-6-8-12(9-11)15(21)22/h6-9H,1-5H3,(H,21,22). The predicted octanol–water partition coefficient (Wildman–Crippen LogP) is 3.13. The fraction of sp³-hybridized carbons (Fsp3) is 0.353. The zero-order valence-corrected chi connectivity index (χ0v) is 14.7. The molecule has 2 aromatic rings. The highest BCUT2D eigenvalue weighted by Gasteiger charge is 2.21. The molecule has 0 saturated heterocycles. The van der Waals surface area contributed by atoms with Gasteiger partial charge in [0.25, 0.3) is 5.91 Å². The van der Waals surface area contributed by atoms with Gasteiger partial charge in [-0.1, -0.05) is 26.8 Å². The monoisotopic (exact) mass is 332 g/mol. The van der Waals surface area contributed by atoms with Crippen LogP contribution in [-0.4, -0.2) is 21.6 Å². The Morgan fingerprint density at radius 1 is 1.22 bits per heavy atom. The molecule has 0 bridgehead atoms. The highest BCUT2D eigenvalue weighted by molar-refractivity contribution is 7.09. The van der Waals surface area contributed by atoms with Crippen molar-refractivity contribution >= 4 is 23.2 Å². The second-order valence-corrected chi connectivity index (χ2v) is 7.39. The second-order valence-electron chi connectivity index (χ2n) is 6.41. The fourth-order valence-corrected chi connectivity index (χ4v) is 3.44. The van der Waals surface area contributed by atoms with Crippen LogP contribution in [0.2, 0.25) is 0 Å². The van der Waals surface area contributed by atoms with Gasteiger partial charge in [0, 0.05) is 23.2 Å². The number of amides is 1. The number of aromatic carboxylic acids is 1. The van der Waals surface area contributed by atoms with Gasteiger partial charge in [-0.05, 0) is 30.5 Å². The average Bonchev–Trinajstić information content (AvgIpc) is 2.75. The molecule has 0 aliphatic rings. The van der Waals surface area contributed by atoms with Gasteiger partial charge in [-0.15, -0.1) is 11.3 Å². The molecule has 0 aliphatic carbocycles. The number of carboxylic acid groups (broad SMARTS) is 1. The third-order valence-electron chi connectivity index (χ3n) is 3.55. The number of rotatable bonds is 2. The lowest BCUT2D eigenvalue weighted by molar-refractivity contribution is 0.0697. The first-order valence-corrected chi connectivity index (χ1v) is 8.02. The van der Waals surface area contributed by atoms with Gasteiger partial charge in [0.15, 0.2) is 4.80 Å². The zero-order valence-electron chi connectivity index (χ0n) is 13.9. The molecular weight excluding hydrogens is 312 g/mol. The van der Waals surface area contributed by atoms with Crippen LogP contribution in [0.15, 0.2) is 29.3 Å². The van der Waals surface area contributed by atoms with E-state index >= 15 is 0 Å². The maximum atomic E-state index is 12.3. The number of carbonyl (C=O) groups excluding carboxylic acids is 1. The lowest BCUT2D eigenvalue weighted by Gasteiger charge is -2.17. The van der Waals surface area contributed by atoms with E-state index in [0.29, 0.717) is 4.80 Å². The first kappa shape index (κ1) is 17.1. The number of carboxylic acids is 1. The van der Waals surface area contributed by atoms with Crippen molar-refractivity contribution in [3.63, 3.8) is 0 Å². The molecule has 5 nitrogen and oxygen atoms in total. The van der Waals surface area contributed by atoms with Gasteiger partial charge in [-0.3, -0.25) is 4.79 Å². The number of hydrogen-bond acceptors (Lipinski definition) is 3. The van der Waals surface area contributed by atoms with Crippen molar-refractivity contribution in [2.24, 2.45) is 12.0 Å². The molecule has 1 N–H and O–H groups in total. The van der Waals surface area contributed by atoms with Crippen molar-refractivity contribution in [3.8, 4) is 0 Å². The lowest BCUT2D eigenvalue weighted by atomic mass is 9.93. The minimum atomic E-state index is -1.06. The number of aromatic nitrogens is 1. The largest absolute Gasteiger partial charge is 0.478 e. The van der Waals surface area contributed by atoms with Gasteiger partial charge in [-0.25, -0.2) is 4.79 Å². The first-order valence-electron chi connectivity index (χ1n) is 7.20. The molecule has 0 spiro atoms. The number of nitrogens with zero attached hydrogens (tertiary/aromatic N) is 2. The Morgan fingerprint density at radius 3 is 2.35 bits per heavy atom.